The Morgan fingerprint density at radius 3 is 1.43 bits per heavy atom. The summed E-state index contributed by atoms with van der Waals surface area (Å²) in [6, 6.07) is 43.4. The summed E-state index contributed by atoms with van der Waals surface area (Å²) in [5.74, 6) is 0. The Hall–Kier alpha value is -3.42. The minimum atomic E-state index is 0.974. The predicted octanol–water partition coefficient (Wildman–Crippen LogP) is 8.34. The predicted molar refractivity (Wildman–Crippen MR) is 130 cm³/mol. The van der Waals surface area contributed by atoms with Crippen LogP contribution in [-0.2, 0) is 6.42 Å². The first-order valence-corrected chi connectivity index (χ1v) is 11.1. The van der Waals surface area contributed by atoms with Gasteiger partial charge >= 0.3 is 0 Å². The van der Waals surface area contributed by atoms with Crippen molar-refractivity contribution < 1.29 is 0 Å². The smallest absolute Gasteiger partial charge is 0.0345 e. The van der Waals surface area contributed by atoms with E-state index in [9.17, 15) is 0 Å². The number of hydrogen-bond donors (Lipinski definition) is 0. The van der Waals surface area contributed by atoms with Crippen LogP contribution in [0, 0.1) is 0 Å². The van der Waals surface area contributed by atoms with Crippen molar-refractivity contribution in [2.24, 2.45) is 0 Å². The Morgan fingerprint density at radius 1 is 0.400 bits per heavy atom. The first-order chi connectivity index (χ1) is 14.8. The van der Waals surface area contributed by atoms with Gasteiger partial charge in [-0.25, -0.2) is 0 Å². The molecule has 1 aromatic heterocycles. The fraction of sp³-hybridized carbons (Fsp3) is 0.0345. The van der Waals surface area contributed by atoms with Crippen LogP contribution < -0.4 is 0 Å². The van der Waals surface area contributed by atoms with Gasteiger partial charge in [0.05, 0.1) is 0 Å². The molecule has 0 amide bonds. The largest absolute Gasteiger partial charge is 0.140 e. The van der Waals surface area contributed by atoms with Crippen LogP contribution in [0.2, 0.25) is 0 Å². The average Bonchev–Trinajstić information content (AvgIpc) is 3.29. The Morgan fingerprint density at radius 2 is 0.867 bits per heavy atom. The summed E-state index contributed by atoms with van der Waals surface area (Å²) < 4.78 is 0. The Kier molecular flexibility index (Phi) is 5.28. The lowest BCUT2D eigenvalue weighted by Gasteiger charge is -2.04. The average molecular weight is 403 g/mol. The molecule has 0 saturated carbocycles. The maximum absolute atomic E-state index is 2.26. The maximum Gasteiger partial charge on any atom is 0.0345 e. The zero-order chi connectivity index (χ0) is 20.2. The van der Waals surface area contributed by atoms with Crippen molar-refractivity contribution in [3.05, 3.63) is 132 Å². The molecule has 0 saturated heterocycles. The van der Waals surface area contributed by atoms with E-state index < -0.39 is 0 Å². The highest BCUT2D eigenvalue weighted by atomic mass is 32.1. The second-order valence-electron chi connectivity index (χ2n) is 7.45. The number of hydrogen-bond acceptors (Lipinski definition) is 1. The fourth-order valence-corrected chi connectivity index (χ4v) is 4.78. The van der Waals surface area contributed by atoms with E-state index in [4.69, 9.17) is 0 Å². The Bertz CT molecular complexity index is 1220. The van der Waals surface area contributed by atoms with Gasteiger partial charge in [0.1, 0.15) is 0 Å². The summed E-state index contributed by atoms with van der Waals surface area (Å²) in [5.41, 5.74) is 7.68. The van der Waals surface area contributed by atoms with Crippen molar-refractivity contribution >= 4 is 11.3 Å². The number of benzene rings is 4. The maximum atomic E-state index is 2.26. The molecule has 0 atom stereocenters. The first kappa shape index (κ1) is 18.6. The number of thiophene rings is 1. The van der Waals surface area contributed by atoms with Gasteiger partial charge in [-0.3, -0.25) is 0 Å². The molecule has 1 heterocycles. The minimum absolute atomic E-state index is 0.974. The summed E-state index contributed by atoms with van der Waals surface area (Å²) in [6.07, 6.45) is 0.974. The van der Waals surface area contributed by atoms with E-state index in [0.29, 0.717) is 0 Å². The molecule has 144 valence electrons. The van der Waals surface area contributed by atoms with Crippen LogP contribution in [0.3, 0.4) is 0 Å². The van der Waals surface area contributed by atoms with E-state index in [2.05, 4.69) is 121 Å². The van der Waals surface area contributed by atoms with Crippen LogP contribution in [0.25, 0.3) is 32.7 Å². The highest BCUT2D eigenvalue weighted by molar-refractivity contribution is 7.15. The van der Waals surface area contributed by atoms with Crippen LogP contribution in [-0.4, -0.2) is 0 Å². The zero-order valence-electron chi connectivity index (χ0n) is 16.7. The van der Waals surface area contributed by atoms with E-state index in [1.807, 2.05) is 11.3 Å². The van der Waals surface area contributed by atoms with E-state index in [1.54, 1.807) is 0 Å². The van der Waals surface area contributed by atoms with Gasteiger partial charge in [-0.05, 0) is 45.5 Å². The van der Waals surface area contributed by atoms with Gasteiger partial charge in [-0.15, -0.1) is 11.3 Å². The lowest BCUT2D eigenvalue weighted by molar-refractivity contribution is 1.24. The molecule has 0 unspecified atom stereocenters. The van der Waals surface area contributed by atoms with Gasteiger partial charge in [-0.2, -0.15) is 0 Å². The molecule has 4 aromatic carbocycles. The molecule has 0 nitrogen and oxygen atoms in total. The second-order valence-corrected chi connectivity index (χ2v) is 8.62. The highest BCUT2D eigenvalue weighted by Gasteiger charge is 2.06. The lowest BCUT2D eigenvalue weighted by Crippen LogP contribution is -1.85. The molecule has 0 N–H and O–H groups in total. The van der Waals surface area contributed by atoms with Crippen molar-refractivity contribution in [2.45, 2.75) is 6.42 Å². The molecule has 0 bridgehead atoms. The van der Waals surface area contributed by atoms with Crippen LogP contribution in [0.4, 0.5) is 0 Å². The Labute approximate surface area is 182 Å². The molecule has 0 aliphatic carbocycles. The quantitative estimate of drug-likeness (QED) is 0.277. The second kappa shape index (κ2) is 8.52. The summed E-state index contributed by atoms with van der Waals surface area (Å²) >= 11 is 1.88. The summed E-state index contributed by atoms with van der Waals surface area (Å²) in [6.45, 7) is 0. The molecule has 0 radical (unpaired) electrons. The minimum Gasteiger partial charge on any atom is -0.140 e. The molecule has 5 aromatic rings. The highest BCUT2D eigenvalue weighted by Crippen LogP contribution is 2.31. The number of rotatable bonds is 5. The normalized spacial score (nSPS) is 10.8. The van der Waals surface area contributed by atoms with Gasteiger partial charge in [-0.1, -0.05) is 109 Å². The molecule has 30 heavy (non-hydrogen) atoms. The monoisotopic (exact) mass is 402 g/mol. The fourth-order valence-electron chi connectivity index (χ4n) is 3.73. The standard InChI is InChI=1S/C29H22S/c1-3-7-23(8-4-1)25-13-11-22(12-14-25)21-28-19-20-29(30-28)27-17-15-26(16-18-27)24-9-5-2-6-10-24/h1-20H,21H2. The zero-order valence-corrected chi connectivity index (χ0v) is 17.5. The van der Waals surface area contributed by atoms with Gasteiger partial charge in [0, 0.05) is 16.2 Å². The van der Waals surface area contributed by atoms with E-state index >= 15 is 0 Å². The third-order valence-electron chi connectivity index (χ3n) is 5.38. The van der Waals surface area contributed by atoms with Gasteiger partial charge < -0.3 is 0 Å². The van der Waals surface area contributed by atoms with Crippen LogP contribution in [0.1, 0.15) is 10.4 Å². The van der Waals surface area contributed by atoms with Crippen molar-refractivity contribution in [3.8, 4) is 32.7 Å². The Balaban J connectivity index is 1.30. The van der Waals surface area contributed by atoms with Crippen molar-refractivity contribution in [1.82, 2.24) is 0 Å². The molecule has 0 aliphatic rings. The molecule has 0 spiro atoms. The van der Waals surface area contributed by atoms with Crippen molar-refractivity contribution in [1.29, 1.82) is 0 Å². The first-order valence-electron chi connectivity index (χ1n) is 10.2. The van der Waals surface area contributed by atoms with Gasteiger partial charge in [0.15, 0.2) is 0 Å². The third kappa shape index (κ3) is 4.12. The molecular weight excluding hydrogens is 380 g/mol. The lowest BCUT2D eigenvalue weighted by atomic mass is 10.0. The van der Waals surface area contributed by atoms with Crippen LogP contribution in [0.5, 0.6) is 0 Å². The summed E-state index contributed by atoms with van der Waals surface area (Å²) in [7, 11) is 0. The molecular formula is C29H22S. The van der Waals surface area contributed by atoms with E-state index in [1.165, 1.54) is 43.1 Å². The topological polar surface area (TPSA) is 0 Å². The summed E-state index contributed by atoms with van der Waals surface area (Å²) in [5, 5.41) is 0. The van der Waals surface area contributed by atoms with Crippen molar-refractivity contribution in [2.75, 3.05) is 0 Å². The van der Waals surface area contributed by atoms with E-state index in [-0.39, 0.29) is 0 Å². The molecule has 5 rings (SSSR count). The van der Waals surface area contributed by atoms with Crippen molar-refractivity contribution in [3.63, 3.8) is 0 Å². The van der Waals surface area contributed by atoms with E-state index in [0.717, 1.165) is 6.42 Å². The van der Waals surface area contributed by atoms with Gasteiger partial charge in [0.2, 0.25) is 0 Å². The molecule has 0 fully saturated rings. The molecule has 1 heteroatoms. The van der Waals surface area contributed by atoms with Crippen LogP contribution >= 0.6 is 11.3 Å². The van der Waals surface area contributed by atoms with Gasteiger partial charge in [0.25, 0.3) is 0 Å². The van der Waals surface area contributed by atoms with Crippen LogP contribution in [0.15, 0.2) is 121 Å². The SMILES string of the molecule is c1ccc(-c2ccc(Cc3ccc(-c4ccc(-c5ccccc5)cc4)s3)cc2)cc1. The summed E-state index contributed by atoms with van der Waals surface area (Å²) in [4.78, 5) is 2.72. The molecule has 0 aliphatic heterocycles. The third-order valence-corrected chi connectivity index (χ3v) is 6.51.